The van der Waals surface area contributed by atoms with Gasteiger partial charge in [-0.2, -0.15) is 0 Å². The van der Waals surface area contributed by atoms with Crippen molar-refractivity contribution in [1.29, 1.82) is 0 Å². The molecule has 0 aliphatic rings. The molecular weight excluding hydrogens is 719 g/mol. The van der Waals surface area contributed by atoms with E-state index < -0.39 is 0 Å². The lowest BCUT2D eigenvalue weighted by Crippen LogP contribution is -1.95. The van der Waals surface area contributed by atoms with Gasteiger partial charge in [0, 0.05) is 36.6 Å². The van der Waals surface area contributed by atoms with Gasteiger partial charge in [-0.1, -0.05) is 176 Å². The van der Waals surface area contributed by atoms with Crippen molar-refractivity contribution < 1.29 is 0 Å². The molecule has 2 heterocycles. The summed E-state index contributed by atoms with van der Waals surface area (Å²) in [4.78, 5) is 0. The van der Waals surface area contributed by atoms with Gasteiger partial charge in [-0.05, 0) is 102 Å². The van der Waals surface area contributed by atoms with Crippen LogP contribution in [0, 0.1) is 0 Å². The molecule has 58 heavy (non-hydrogen) atoms. The van der Waals surface area contributed by atoms with E-state index in [0.717, 1.165) is 5.69 Å². The first-order chi connectivity index (χ1) is 28.8. The van der Waals surface area contributed by atoms with Gasteiger partial charge in [-0.25, -0.2) is 0 Å². The maximum Gasteiger partial charge on any atom is 0.0541 e. The SMILES string of the molecule is c1ccc(-c2ccccc2-c2c3ccccc3c(-c3ccc(-n4c5ccccc5c5cc(-c6cccc7c6sc6ccccc67)ccc54)cc3)c3ccccc23)cc1. The summed E-state index contributed by atoms with van der Waals surface area (Å²) in [6, 6.07) is 78.1. The Morgan fingerprint density at radius 1 is 0.293 bits per heavy atom. The van der Waals surface area contributed by atoms with Crippen LogP contribution in [0.5, 0.6) is 0 Å². The van der Waals surface area contributed by atoms with Gasteiger partial charge in [-0.15, -0.1) is 11.3 Å². The molecule has 0 radical (unpaired) electrons. The Balaban J connectivity index is 1.02. The number of benzene rings is 10. The van der Waals surface area contributed by atoms with E-state index in [1.54, 1.807) is 0 Å². The first-order valence-electron chi connectivity index (χ1n) is 19.9. The van der Waals surface area contributed by atoms with Crippen LogP contribution in [0.2, 0.25) is 0 Å². The topological polar surface area (TPSA) is 4.93 Å². The van der Waals surface area contributed by atoms with Crippen LogP contribution in [0.15, 0.2) is 212 Å². The molecule has 0 saturated carbocycles. The van der Waals surface area contributed by atoms with Gasteiger partial charge < -0.3 is 4.57 Å². The molecule has 0 bridgehead atoms. The Morgan fingerprint density at radius 2 is 0.828 bits per heavy atom. The van der Waals surface area contributed by atoms with Gasteiger partial charge in [0.15, 0.2) is 0 Å². The zero-order chi connectivity index (χ0) is 38.2. The third kappa shape index (κ3) is 5.02. The molecule has 2 aromatic heterocycles. The number of hydrogen-bond donors (Lipinski definition) is 0. The summed E-state index contributed by atoms with van der Waals surface area (Å²) in [5, 5.41) is 10.2. The molecule has 0 fully saturated rings. The van der Waals surface area contributed by atoms with Gasteiger partial charge >= 0.3 is 0 Å². The average Bonchev–Trinajstić information content (AvgIpc) is 3.84. The molecule has 0 amide bonds. The zero-order valence-electron chi connectivity index (χ0n) is 31.6. The molecule has 0 atom stereocenters. The molecule has 0 aliphatic heterocycles. The molecule has 0 spiro atoms. The number of nitrogens with zero attached hydrogens (tertiary/aromatic N) is 1. The average molecular weight is 754 g/mol. The fourth-order valence-corrected chi connectivity index (χ4v) is 10.7. The minimum absolute atomic E-state index is 1.15. The molecule has 1 nitrogen and oxygen atoms in total. The third-order valence-corrected chi connectivity index (χ3v) is 13.2. The van der Waals surface area contributed by atoms with E-state index in [9.17, 15) is 0 Å². The molecule has 12 aromatic rings. The molecule has 12 rings (SSSR count). The van der Waals surface area contributed by atoms with Crippen molar-refractivity contribution in [3.8, 4) is 50.2 Å². The summed E-state index contributed by atoms with van der Waals surface area (Å²) in [7, 11) is 0. The predicted octanol–water partition coefficient (Wildman–Crippen LogP) is 16.1. The van der Waals surface area contributed by atoms with Crippen molar-refractivity contribution in [2.24, 2.45) is 0 Å². The molecule has 2 heteroatoms. The predicted molar refractivity (Wildman–Crippen MR) is 250 cm³/mol. The molecule has 10 aromatic carbocycles. The highest BCUT2D eigenvalue weighted by molar-refractivity contribution is 7.26. The van der Waals surface area contributed by atoms with Gasteiger partial charge in [0.05, 0.1) is 11.0 Å². The minimum Gasteiger partial charge on any atom is -0.309 e. The van der Waals surface area contributed by atoms with Crippen molar-refractivity contribution in [3.63, 3.8) is 0 Å². The number of para-hydroxylation sites is 1. The van der Waals surface area contributed by atoms with Crippen LogP contribution < -0.4 is 0 Å². The lowest BCUT2D eigenvalue weighted by Gasteiger charge is -2.20. The van der Waals surface area contributed by atoms with Crippen molar-refractivity contribution >= 4 is 74.9 Å². The molecule has 0 saturated heterocycles. The van der Waals surface area contributed by atoms with E-state index in [4.69, 9.17) is 0 Å². The van der Waals surface area contributed by atoms with Crippen molar-refractivity contribution in [2.75, 3.05) is 0 Å². The van der Waals surface area contributed by atoms with Gasteiger partial charge in [-0.3, -0.25) is 0 Å². The van der Waals surface area contributed by atoms with Crippen LogP contribution in [0.4, 0.5) is 0 Å². The number of fused-ring (bicyclic) bond motifs is 8. The Morgan fingerprint density at radius 3 is 1.57 bits per heavy atom. The Labute approximate surface area is 340 Å². The largest absolute Gasteiger partial charge is 0.309 e. The van der Waals surface area contributed by atoms with E-state index in [0.29, 0.717) is 0 Å². The minimum atomic E-state index is 1.15. The zero-order valence-corrected chi connectivity index (χ0v) is 32.4. The van der Waals surface area contributed by atoms with E-state index in [2.05, 4.69) is 217 Å². The molecule has 0 N–H and O–H groups in total. The maximum absolute atomic E-state index is 2.43. The van der Waals surface area contributed by atoms with Crippen LogP contribution >= 0.6 is 11.3 Å². The molecule has 0 unspecified atom stereocenters. The quantitative estimate of drug-likeness (QED) is 0.154. The highest BCUT2D eigenvalue weighted by Gasteiger charge is 2.20. The van der Waals surface area contributed by atoms with Crippen LogP contribution in [-0.4, -0.2) is 4.57 Å². The fourth-order valence-electron chi connectivity index (χ4n) is 9.47. The van der Waals surface area contributed by atoms with Gasteiger partial charge in [0.1, 0.15) is 0 Å². The highest BCUT2D eigenvalue weighted by Crippen LogP contribution is 2.47. The number of hydrogen-bond acceptors (Lipinski definition) is 1. The molecule has 270 valence electrons. The van der Waals surface area contributed by atoms with Gasteiger partial charge in [0.2, 0.25) is 0 Å². The van der Waals surface area contributed by atoms with Crippen LogP contribution in [0.3, 0.4) is 0 Å². The molecule has 0 aliphatic carbocycles. The third-order valence-electron chi connectivity index (χ3n) is 12.0. The van der Waals surface area contributed by atoms with Crippen molar-refractivity contribution in [2.45, 2.75) is 0 Å². The second-order valence-corrected chi connectivity index (χ2v) is 16.2. The second kappa shape index (κ2) is 13.2. The lowest BCUT2D eigenvalue weighted by molar-refractivity contribution is 1.18. The number of rotatable bonds is 5. The Bertz CT molecular complexity index is 3490. The number of aromatic nitrogens is 1. The van der Waals surface area contributed by atoms with E-state index >= 15 is 0 Å². The summed E-state index contributed by atoms with van der Waals surface area (Å²) < 4.78 is 5.10. The van der Waals surface area contributed by atoms with Gasteiger partial charge in [0.25, 0.3) is 0 Å². The lowest BCUT2D eigenvalue weighted by atomic mass is 9.84. The van der Waals surface area contributed by atoms with Crippen LogP contribution in [-0.2, 0) is 0 Å². The Hall–Kier alpha value is -7.26. The van der Waals surface area contributed by atoms with E-state index in [1.807, 2.05) is 11.3 Å². The Kier molecular flexibility index (Phi) is 7.47. The summed E-state index contributed by atoms with van der Waals surface area (Å²) in [5.74, 6) is 0. The van der Waals surface area contributed by atoms with Crippen molar-refractivity contribution in [3.05, 3.63) is 212 Å². The van der Waals surface area contributed by atoms with Crippen LogP contribution in [0.1, 0.15) is 0 Å². The summed E-state index contributed by atoms with van der Waals surface area (Å²) >= 11 is 1.89. The standard InChI is InChI=1S/C56H35NS/c1-2-15-36(16-3-1)40-17-4-5-20-44(40)55-47-23-8-6-21-45(47)54(46-22-7-9-24-48(46)55)37-29-32-39(33-30-37)57-51-27-12-10-18-42(51)50-35-38(31-34-52(50)57)41-25-14-26-49-43-19-11-13-28-53(43)58-56(41)49/h1-35H. The monoisotopic (exact) mass is 753 g/mol. The first-order valence-corrected chi connectivity index (χ1v) is 20.7. The second-order valence-electron chi connectivity index (χ2n) is 15.2. The smallest absolute Gasteiger partial charge is 0.0541 e. The summed E-state index contributed by atoms with van der Waals surface area (Å²) in [6.45, 7) is 0. The fraction of sp³-hybridized carbons (Fsp3) is 0. The summed E-state index contributed by atoms with van der Waals surface area (Å²) in [5.41, 5.74) is 13.6. The van der Waals surface area contributed by atoms with Crippen LogP contribution in [0.25, 0.3) is 114 Å². The number of thiophene rings is 1. The maximum atomic E-state index is 2.43. The molecular formula is C56H35NS. The van der Waals surface area contributed by atoms with E-state index in [1.165, 1.54) is 108 Å². The first kappa shape index (κ1) is 32.9. The highest BCUT2D eigenvalue weighted by atomic mass is 32.1. The normalized spacial score (nSPS) is 11.8. The van der Waals surface area contributed by atoms with E-state index in [-0.39, 0.29) is 0 Å². The summed E-state index contributed by atoms with van der Waals surface area (Å²) in [6.07, 6.45) is 0. The van der Waals surface area contributed by atoms with Crippen molar-refractivity contribution in [1.82, 2.24) is 4.57 Å².